The summed E-state index contributed by atoms with van der Waals surface area (Å²) in [6.07, 6.45) is 10.8. The average Bonchev–Trinajstić information content (AvgIpc) is 2.07. The average molecular weight is 151 g/mol. The highest BCUT2D eigenvalue weighted by Crippen LogP contribution is 2.19. The number of hydrogen-bond donors (Lipinski definition) is 1. The van der Waals surface area contributed by atoms with Crippen molar-refractivity contribution in [3.63, 3.8) is 0 Å². The summed E-state index contributed by atoms with van der Waals surface area (Å²) in [5.74, 6) is 0. The zero-order valence-corrected chi connectivity index (χ0v) is 7.10. The van der Waals surface area contributed by atoms with Gasteiger partial charge in [0.2, 0.25) is 0 Å². The molecule has 0 fully saturated rings. The first-order valence-electron chi connectivity index (χ1n) is 4.45. The fraction of sp³-hybridized carbons (Fsp3) is 0.600. The lowest BCUT2D eigenvalue weighted by atomic mass is 9.97. The Hall–Kier alpha value is -0.720. The molecule has 0 amide bonds. The standard InChI is InChI=1S/C10H17N/c1-2-11-9-8-10-6-4-3-5-7-10/h2,6,11H,1,3-5,7-9H2. The van der Waals surface area contributed by atoms with Crippen LogP contribution in [0.2, 0.25) is 0 Å². The monoisotopic (exact) mass is 151 g/mol. The summed E-state index contributed by atoms with van der Waals surface area (Å²) in [6.45, 7) is 4.66. The molecule has 1 N–H and O–H groups in total. The molecule has 1 aliphatic rings. The highest BCUT2D eigenvalue weighted by Gasteiger charge is 2.01. The van der Waals surface area contributed by atoms with E-state index in [4.69, 9.17) is 0 Å². The van der Waals surface area contributed by atoms with Gasteiger partial charge < -0.3 is 5.32 Å². The molecule has 0 atom stereocenters. The molecule has 11 heavy (non-hydrogen) atoms. The zero-order chi connectivity index (χ0) is 7.94. The molecule has 62 valence electrons. The van der Waals surface area contributed by atoms with Crippen LogP contribution < -0.4 is 5.32 Å². The molecule has 0 saturated heterocycles. The minimum absolute atomic E-state index is 1.05. The maximum atomic E-state index is 3.61. The summed E-state index contributed by atoms with van der Waals surface area (Å²) >= 11 is 0. The van der Waals surface area contributed by atoms with Crippen molar-refractivity contribution in [1.29, 1.82) is 0 Å². The van der Waals surface area contributed by atoms with Crippen molar-refractivity contribution in [3.8, 4) is 0 Å². The van der Waals surface area contributed by atoms with Crippen LogP contribution in [-0.4, -0.2) is 6.54 Å². The fourth-order valence-corrected chi connectivity index (χ4v) is 1.47. The second-order valence-corrected chi connectivity index (χ2v) is 3.02. The lowest BCUT2D eigenvalue weighted by Crippen LogP contribution is -2.07. The molecule has 0 radical (unpaired) electrons. The van der Waals surface area contributed by atoms with Crippen molar-refractivity contribution in [3.05, 3.63) is 24.4 Å². The van der Waals surface area contributed by atoms with Crippen LogP contribution in [0.15, 0.2) is 24.4 Å². The topological polar surface area (TPSA) is 12.0 Å². The van der Waals surface area contributed by atoms with Crippen LogP contribution in [0.1, 0.15) is 32.1 Å². The van der Waals surface area contributed by atoms with Crippen molar-refractivity contribution < 1.29 is 0 Å². The van der Waals surface area contributed by atoms with Crippen LogP contribution >= 0.6 is 0 Å². The van der Waals surface area contributed by atoms with Crippen LogP contribution in [0.25, 0.3) is 0 Å². The van der Waals surface area contributed by atoms with E-state index in [0.29, 0.717) is 0 Å². The Balaban J connectivity index is 2.14. The van der Waals surface area contributed by atoms with Gasteiger partial charge in [0.25, 0.3) is 0 Å². The van der Waals surface area contributed by atoms with Gasteiger partial charge in [0, 0.05) is 6.54 Å². The predicted molar refractivity (Wildman–Crippen MR) is 49.4 cm³/mol. The lowest BCUT2D eigenvalue weighted by Gasteiger charge is -2.11. The Labute approximate surface area is 69.2 Å². The smallest absolute Gasteiger partial charge is 0.0178 e. The summed E-state index contributed by atoms with van der Waals surface area (Å²) in [5, 5.41) is 3.12. The quantitative estimate of drug-likeness (QED) is 0.481. The van der Waals surface area contributed by atoms with E-state index in [1.54, 1.807) is 11.8 Å². The molecule has 1 nitrogen and oxygen atoms in total. The van der Waals surface area contributed by atoms with E-state index in [-0.39, 0.29) is 0 Å². The van der Waals surface area contributed by atoms with Crippen LogP contribution in [0.3, 0.4) is 0 Å². The minimum atomic E-state index is 1.05. The van der Waals surface area contributed by atoms with E-state index in [9.17, 15) is 0 Å². The molecule has 1 aliphatic carbocycles. The largest absolute Gasteiger partial charge is 0.391 e. The van der Waals surface area contributed by atoms with Crippen molar-refractivity contribution >= 4 is 0 Å². The summed E-state index contributed by atoms with van der Waals surface area (Å²) < 4.78 is 0. The molecule has 0 aliphatic heterocycles. The van der Waals surface area contributed by atoms with Gasteiger partial charge in [-0.2, -0.15) is 0 Å². The van der Waals surface area contributed by atoms with E-state index >= 15 is 0 Å². The Morgan fingerprint density at radius 3 is 3.09 bits per heavy atom. The number of allylic oxidation sites excluding steroid dienone is 1. The normalized spacial score (nSPS) is 17.3. The van der Waals surface area contributed by atoms with Crippen LogP contribution in [0.5, 0.6) is 0 Å². The predicted octanol–water partition coefficient (Wildman–Crippen LogP) is 2.61. The maximum absolute atomic E-state index is 3.61. The lowest BCUT2D eigenvalue weighted by molar-refractivity contribution is 0.665. The molecule has 0 unspecified atom stereocenters. The van der Waals surface area contributed by atoms with E-state index in [1.165, 1.54) is 32.1 Å². The highest BCUT2D eigenvalue weighted by molar-refractivity contribution is 5.05. The van der Waals surface area contributed by atoms with Gasteiger partial charge in [-0.15, -0.1) is 0 Å². The highest BCUT2D eigenvalue weighted by atomic mass is 14.8. The molecule has 0 bridgehead atoms. The SMILES string of the molecule is C=CNCCC1=CCCCC1. The van der Waals surface area contributed by atoms with Gasteiger partial charge in [0.1, 0.15) is 0 Å². The first kappa shape index (κ1) is 8.38. The van der Waals surface area contributed by atoms with E-state index in [1.807, 2.05) is 0 Å². The molecule has 0 aromatic rings. The second-order valence-electron chi connectivity index (χ2n) is 3.02. The fourth-order valence-electron chi connectivity index (χ4n) is 1.47. The third-order valence-electron chi connectivity index (χ3n) is 2.12. The summed E-state index contributed by atoms with van der Waals surface area (Å²) in [7, 11) is 0. The Morgan fingerprint density at radius 1 is 1.55 bits per heavy atom. The van der Waals surface area contributed by atoms with Crippen molar-refractivity contribution in [1.82, 2.24) is 5.32 Å². The van der Waals surface area contributed by atoms with Gasteiger partial charge in [-0.1, -0.05) is 18.2 Å². The van der Waals surface area contributed by atoms with Crippen LogP contribution in [0, 0.1) is 0 Å². The molecule has 0 saturated carbocycles. The minimum Gasteiger partial charge on any atom is -0.391 e. The van der Waals surface area contributed by atoms with E-state index in [2.05, 4.69) is 18.0 Å². The molecule has 0 spiro atoms. The van der Waals surface area contributed by atoms with E-state index < -0.39 is 0 Å². The number of nitrogens with one attached hydrogen (secondary N) is 1. The van der Waals surface area contributed by atoms with Crippen LogP contribution in [-0.2, 0) is 0 Å². The number of rotatable bonds is 4. The maximum Gasteiger partial charge on any atom is 0.0178 e. The Bertz CT molecular complexity index is 147. The first-order chi connectivity index (χ1) is 5.43. The summed E-state index contributed by atoms with van der Waals surface area (Å²) in [6, 6.07) is 0. The molecular weight excluding hydrogens is 134 g/mol. The third-order valence-corrected chi connectivity index (χ3v) is 2.12. The third kappa shape index (κ3) is 3.26. The summed E-state index contributed by atoms with van der Waals surface area (Å²) in [4.78, 5) is 0. The Kier molecular flexibility index (Phi) is 3.81. The Morgan fingerprint density at radius 2 is 2.45 bits per heavy atom. The summed E-state index contributed by atoms with van der Waals surface area (Å²) in [5.41, 5.74) is 1.63. The molecule has 0 aromatic carbocycles. The zero-order valence-electron chi connectivity index (χ0n) is 7.10. The first-order valence-corrected chi connectivity index (χ1v) is 4.45. The van der Waals surface area contributed by atoms with E-state index in [0.717, 1.165) is 6.54 Å². The van der Waals surface area contributed by atoms with Gasteiger partial charge >= 0.3 is 0 Å². The number of hydrogen-bond acceptors (Lipinski definition) is 1. The van der Waals surface area contributed by atoms with Gasteiger partial charge in [-0.05, 0) is 38.3 Å². The van der Waals surface area contributed by atoms with Crippen molar-refractivity contribution in [2.75, 3.05) is 6.54 Å². The molecule has 1 heteroatoms. The van der Waals surface area contributed by atoms with Crippen molar-refractivity contribution in [2.24, 2.45) is 0 Å². The molecular formula is C10H17N. The van der Waals surface area contributed by atoms with Crippen LogP contribution in [0.4, 0.5) is 0 Å². The molecule has 0 heterocycles. The molecule has 1 rings (SSSR count). The molecule has 0 aromatic heterocycles. The van der Waals surface area contributed by atoms with Gasteiger partial charge in [-0.3, -0.25) is 0 Å². The van der Waals surface area contributed by atoms with Gasteiger partial charge in [0.15, 0.2) is 0 Å². The van der Waals surface area contributed by atoms with Crippen molar-refractivity contribution in [2.45, 2.75) is 32.1 Å². The van der Waals surface area contributed by atoms with Gasteiger partial charge in [0.05, 0.1) is 0 Å². The van der Waals surface area contributed by atoms with Gasteiger partial charge in [-0.25, -0.2) is 0 Å². The second kappa shape index (κ2) is 5.00.